The van der Waals surface area contributed by atoms with E-state index in [0.29, 0.717) is 17.1 Å². The average molecular weight is 309 g/mol. The van der Waals surface area contributed by atoms with Gasteiger partial charge < -0.3 is 11.1 Å². The minimum atomic E-state index is -0.466. The minimum Gasteiger partial charge on any atom is -0.383 e. The number of nitrogens with two attached hydrogens (primary N) is 1. The molecule has 3 rings (SSSR count). The van der Waals surface area contributed by atoms with E-state index >= 15 is 0 Å². The molecule has 0 aliphatic rings. The van der Waals surface area contributed by atoms with Crippen LogP contribution in [-0.4, -0.2) is 20.9 Å². The van der Waals surface area contributed by atoms with Crippen molar-refractivity contribution in [3.8, 4) is 11.4 Å². The topological polar surface area (TPSA) is 93.8 Å². The van der Waals surface area contributed by atoms with Crippen molar-refractivity contribution in [2.45, 2.75) is 0 Å². The van der Waals surface area contributed by atoms with Gasteiger partial charge in [0.05, 0.1) is 0 Å². The third kappa shape index (κ3) is 3.29. The number of pyridine rings is 1. The normalized spacial score (nSPS) is 10.3. The first-order valence-electron chi connectivity index (χ1n) is 6.73. The van der Waals surface area contributed by atoms with Crippen LogP contribution >= 0.6 is 0 Å². The molecule has 0 fully saturated rings. The van der Waals surface area contributed by atoms with E-state index in [2.05, 4.69) is 20.3 Å². The van der Waals surface area contributed by atoms with Crippen molar-refractivity contribution in [1.82, 2.24) is 15.0 Å². The molecule has 3 N–H and O–H groups in total. The lowest BCUT2D eigenvalue weighted by atomic mass is 10.2. The molecule has 0 aliphatic heterocycles. The summed E-state index contributed by atoms with van der Waals surface area (Å²) in [5.41, 5.74) is 7.14. The summed E-state index contributed by atoms with van der Waals surface area (Å²) in [6.07, 6.45) is 4.59. The van der Waals surface area contributed by atoms with Crippen LogP contribution in [-0.2, 0) is 0 Å². The average Bonchev–Trinajstić information content (AvgIpc) is 2.57. The lowest BCUT2D eigenvalue weighted by Gasteiger charge is -2.08. The Labute approximate surface area is 131 Å². The highest BCUT2D eigenvalue weighted by atomic mass is 19.1. The maximum Gasteiger partial charge on any atom is 0.260 e. The predicted octanol–water partition coefficient (Wildman–Crippen LogP) is 2.51. The van der Waals surface area contributed by atoms with Gasteiger partial charge >= 0.3 is 0 Å². The minimum absolute atomic E-state index is 0.0541. The van der Waals surface area contributed by atoms with Gasteiger partial charge in [-0.1, -0.05) is 0 Å². The molecule has 23 heavy (non-hydrogen) atoms. The van der Waals surface area contributed by atoms with Gasteiger partial charge in [0, 0.05) is 29.8 Å². The first-order valence-corrected chi connectivity index (χ1v) is 6.73. The molecule has 0 atom stereocenters. The number of hydrogen-bond donors (Lipinski definition) is 2. The lowest BCUT2D eigenvalue weighted by molar-refractivity contribution is 0.102. The fourth-order valence-corrected chi connectivity index (χ4v) is 1.94. The predicted molar refractivity (Wildman–Crippen MR) is 84.0 cm³/mol. The number of carbonyl (C=O) groups is 1. The van der Waals surface area contributed by atoms with Gasteiger partial charge in [-0.3, -0.25) is 9.78 Å². The fraction of sp³-hybridized carbons (Fsp3) is 0. The van der Waals surface area contributed by atoms with E-state index < -0.39 is 5.91 Å². The number of rotatable bonds is 3. The van der Waals surface area contributed by atoms with Gasteiger partial charge in [0.1, 0.15) is 17.2 Å². The number of hydrogen-bond acceptors (Lipinski definition) is 5. The molecule has 0 saturated heterocycles. The molecule has 3 aromatic rings. The third-order valence-electron chi connectivity index (χ3n) is 3.08. The highest BCUT2D eigenvalue weighted by Gasteiger charge is 2.13. The second kappa shape index (κ2) is 6.18. The molecule has 0 spiro atoms. The molecule has 0 bridgehead atoms. The summed E-state index contributed by atoms with van der Waals surface area (Å²) in [6, 6.07) is 8.95. The lowest BCUT2D eigenvalue weighted by Crippen LogP contribution is -2.15. The second-order valence-corrected chi connectivity index (χ2v) is 4.70. The standard InChI is InChI=1S/C16H12FN5O/c17-11-3-5-12(6-4-11)21-16(23)13-9-20-15(22-14(13)18)10-2-1-7-19-8-10/h1-9H,(H,21,23)(H2,18,20,22). The number of nitrogens with one attached hydrogen (secondary N) is 1. The molecular weight excluding hydrogens is 297 g/mol. The maximum absolute atomic E-state index is 12.9. The van der Waals surface area contributed by atoms with E-state index in [-0.39, 0.29) is 17.2 Å². The number of nitrogen functional groups attached to an aromatic ring is 1. The zero-order chi connectivity index (χ0) is 16.2. The first kappa shape index (κ1) is 14.6. The Morgan fingerprint density at radius 3 is 2.57 bits per heavy atom. The summed E-state index contributed by atoms with van der Waals surface area (Å²) in [5.74, 6) is -0.411. The number of nitrogens with zero attached hydrogens (tertiary/aromatic N) is 3. The van der Waals surface area contributed by atoms with Crippen molar-refractivity contribution in [3.05, 3.63) is 66.4 Å². The highest BCUT2D eigenvalue weighted by molar-refractivity contribution is 6.07. The Bertz CT molecular complexity index is 837. The largest absolute Gasteiger partial charge is 0.383 e. The van der Waals surface area contributed by atoms with Crippen molar-refractivity contribution < 1.29 is 9.18 Å². The van der Waals surface area contributed by atoms with Crippen LogP contribution in [0, 0.1) is 5.82 Å². The Morgan fingerprint density at radius 2 is 1.91 bits per heavy atom. The summed E-state index contributed by atoms with van der Waals surface area (Å²) in [6.45, 7) is 0. The monoisotopic (exact) mass is 309 g/mol. The Hall–Kier alpha value is -3.35. The molecule has 2 aromatic heterocycles. The summed E-state index contributed by atoms with van der Waals surface area (Å²) in [7, 11) is 0. The zero-order valence-corrected chi connectivity index (χ0v) is 11.9. The molecule has 6 nitrogen and oxygen atoms in total. The van der Waals surface area contributed by atoms with Crippen molar-refractivity contribution in [2.75, 3.05) is 11.1 Å². The fourth-order valence-electron chi connectivity index (χ4n) is 1.94. The van der Waals surface area contributed by atoms with Gasteiger partial charge in [-0.05, 0) is 36.4 Å². The molecular formula is C16H12FN5O. The van der Waals surface area contributed by atoms with Crippen LogP contribution < -0.4 is 11.1 Å². The first-order chi connectivity index (χ1) is 11.1. The summed E-state index contributed by atoms with van der Waals surface area (Å²) < 4.78 is 12.9. The summed E-state index contributed by atoms with van der Waals surface area (Å²) in [4.78, 5) is 24.4. The van der Waals surface area contributed by atoms with Crippen LogP contribution in [0.15, 0.2) is 55.0 Å². The zero-order valence-electron chi connectivity index (χ0n) is 11.9. The molecule has 0 radical (unpaired) electrons. The number of anilines is 2. The van der Waals surface area contributed by atoms with Crippen molar-refractivity contribution >= 4 is 17.4 Å². The molecule has 1 aromatic carbocycles. The van der Waals surface area contributed by atoms with Crippen molar-refractivity contribution in [3.63, 3.8) is 0 Å². The Morgan fingerprint density at radius 1 is 1.13 bits per heavy atom. The van der Waals surface area contributed by atoms with Gasteiger partial charge in [-0.25, -0.2) is 14.4 Å². The number of halogens is 1. The number of amides is 1. The Kier molecular flexibility index (Phi) is 3.92. The van der Waals surface area contributed by atoms with E-state index in [4.69, 9.17) is 5.73 Å². The number of benzene rings is 1. The molecule has 0 unspecified atom stereocenters. The molecule has 2 heterocycles. The molecule has 0 aliphatic carbocycles. The van der Waals surface area contributed by atoms with Crippen molar-refractivity contribution in [2.24, 2.45) is 0 Å². The third-order valence-corrected chi connectivity index (χ3v) is 3.08. The van der Waals surface area contributed by atoms with E-state index in [1.54, 1.807) is 24.5 Å². The van der Waals surface area contributed by atoms with Gasteiger partial charge in [0.2, 0.25) is 0 Å². The van der Waals surface area contributed by atoms with Crippen LogP contribution in [0.5, 0.6) is 0 Å². The number of aromatic nitrogens is 3. The molecule has 7 heteroatoms. The summed E-state index contributed by atoms with van der Waals surface area (Å²) in [5, 5.41) is 2.61. The number of carbonyl (C=O) groups excluding carboxylic acids is 1. The van der Waals surface area contributed by atoms with Crippen LogP contribution in [0.1, 0.15) is 10.4 Å². The van der Waals surface area contributed by atoms with Gasteiger partial charge in [0.25, 0.3) is 5.91 Å². The van der Waals surface area contributed by atoms with Crippen LogP contribution in [0.25, 0.3) is 11.4 Å². The molecule has 0 saturated carbocycles. The highest BCUT2D eigenvalue weighted by Crippen LogP contribution is 2.18. The van der Waals surface area contributed by atoms with Crippen molar-refractivity contribution in [1.29, 1.82) is 0 Å². The maximum atomic E-state index is 12.9. The van der Waals surface area contributed by atoms with E-state index in [9.17, 15) is 9.18 Å². The van der Waals surface area contributed by atoms with Gasteiger partial charge in [-0.15, -0.1) is 0 Å². The summed E-state index contributed by atoms with van der Waals surface area (Å²) >= 11 is 0. The van der Waals surface area contributed by atoms with Gasteiger partial charge in [-0.2, -0.15) is 0 Å². The molecule has 114 valence electrons. The van der Waals surface area contributed by atoms with Crippen LogP contribution in [0.3, 0.4) is 0 Å². The van der Waals surface area contributed by atoms with E-state index in [0.717, 1.165) is 0 Å². The smallest absolute Gasteiger partial charge is 0.260 e. The van der Waals surface area contributed by atoms with Gasteiger partial charge in [0.15, 0.2) is 5.82 Å². The van der Waals surface area contributed by atoms with Crippen LogP contribution in [0.4, 0.5) is 15.9 Å². The van der Waals surface area contributed by atoms with Crippen LogP contribution in [0.2, 0.25) is 0 Å². The van der Waals surface area contributed by atoms with E-state index in [1.807, 2.05) is 0 Å². The quantitative estimate of drug-likeness (QED) is 0.775. The van der Waals surface area contributed by atoms with E-state index in [1.165, 1.54) is 30.5 Å². The molecule has 1 amide bonds. The Balaban J connectivity index is 1.83. The SMILES string of the molecule is Nc1nc(-c2cccnc2)ncc1C(=O)Nc1ccc(F)cc1. The second-order valence-electron chi connectivity index (χ2n) is 4.70.